The van der Waals surface area contributed by atoms with Crippen LogP contribution in [0.4, 0.5) is 0 Å². The molecule has 1 N–H and O–H groups in total. The summed E-state index contributed by atoms with van der Waals surface area (Å²) in [6.07, 6.45) is 1.28. The van der Waals surface area contributed by atoms with Crippen LogP contribution in [-0.4, -0.2) is 12.6 Å². The van der Waals surface area contributed by atoms with Crippen LogP contribution in [0.3, 0.4) is 0 Å². The van der Waals surface area contributed by atoms with E-state index in [4.69, 9.17) is 0 Å². The molecule has 1 saturated carbocycles. The average Bonchev–Trinajstić information content (AvgIpc) is 2.33. The SMILES string of the molecule is CNC(C)(C)CC1C(C)(C)C1(C)C. The molecule has 0 aromatic heterocycles. The molecule has 1 rings (SSSR count). The topological polar surface area (TPSA) is 12.0 Å². The minimum absolute atomic E-state index is 0.287. The van der Waals surface area contributed by atoms with E-state index in [9.17, 15) is 0 Å². The maximum Gasteiger partial charge on any atom is 0.0125 e. The zero-order valence-electron chi connectivity index (χ0n) is 10.3. The van der Waals surface area contributed by atoms with Crippen LogP contribution in [0.5, 0.6) is 0 Å². The molecule has 0 radical (unpaired) electrons. The zero-order valence-corrected chi connectivity index (χ0v) is 10.3. The molecule has 0 unspecified atom stereocenters. The molecule has 0 aromatic rings. The summed E-state index contributed by atoms with van der Waals surface area (Å²) in [6, 6.07) is 0. The van der Waals surface area contributed by atoms with Crippen LogP contribution in [0.15, 0.2) is 0 Å². The van der Waals surface area contributed by atoms with Crippen LogP contribution < -0.4 is 5.32 Å². The molecule has 0 atom stereocenters. The van der Waals surface area contributed by atoms with Crippen molar-refractivity contribution in [1.82, 2.24) is 5.32 Å². The monoisotopic (exact) mass is 183 g/mol. The van der Waals surface area contributed by atoms with Crippen LogP contribution in [0.1, 0.15) is 48.0 Å². The van der Waals surface area contributed by atoms with E-state index in [2.05, 4.69) is 53.9 Å². The summed E-state index contributed by atoms with van der Waals surface area (Å²) in [4.78, 5) is 0. The lowest BCUT2D eigenvalue weighted by atomic mass is 9.93. The van der Waals surface area contributed by atoms with Gasteiger partial charge in [-0.25, -0.2) is 0 Å². The Hall–Kier alpha value is -0.0400. The number of hydrogen-bond donors (Lipinski definition) is 1. The predicted octanol–water partition coefficient (Wildman–Crippen LogP) is 3.06. The first-order valence-corrected chi connectivity index (χ1v) is 5.34. The Morgan fingerprint density at radius 1 is 1.08 bits per heavy atom. The van der Waals surface area contributed by atoms with E-state index in [1.165, 1.54) is 6.42 Å². The van der Waals surface area contributed by atoms with Crippen LogP contribution in [0, 0.1) is 16.7 Å². The Morgan fingerprint density at radius 3 is 1.69 bits per heavy atom. The first kappa shape index (κ1) is 11.0. The first-order valence-electron chi connectivity index (χ1n) is 5.34. The minimum Gasteiger partial charge on any atom is -0.315 e. The summed E-state index contributed by atoms with van der Waals surface area (Å²) in [5.74, 6) is 0.863. The summed E-state index contributed by atoms with van der Waals surface area (Å²) >= 11 is 0. The van der Waals surface area contributed by atoms with Crippen molar-refractivity contribution < 1.29 is 0 Å². The number of rotatable bonds is 3. The van der Waals surface area contributed by atoms with E-state index in [1.54, 1.807) is 0 Å². The average molecular weight is 183 g/mol. The van der Waals surface area contributed by atoms with Crippen molar-refractivity contribution in [2.75, 3.05) is 7.05 Å². The van der Waals surface area contributed by atoms with Gasteiger partial charge in [-0.1, -0.05) is 27.7 Å². The molecule has 1 fully saturated rings. The van der Waals surface area contributed by atoms with Crippen LogP contribution in [0.25, 0.3) is 0 Å². The molecule has 1 nitrogen and oxygen atoms in total. The largest absolute Gasteiger partial charge is 0.315 e. The predicted molar refractivity (Wildman–Crippen MR) is 58.8 cm³/mol. The van der Waals surface area contributed by atoms with Gasteiger partial charge in [0.1, 0.15) is 0 Å². The van der Waals surface area contributed by atoms with Gasteiger partial charge in [0.2, 0.25) is 0 Å². The quantitative estimate of drug-likeness (QED) is 0.709. The third-order valence-electron chi connectivity index (χ3n) is 4.71. The third kappa shape index (κ3) is 1.63. The van der Waals surface area contributed by atoms with Crippen molar-refractivity contribution in [1.29, 1.82) is 0 Å². The molecular formula is C12H25N. The summed E-state index contributed by atoms with van der Waals surface area (Å²) < 4.78 is 0. The van der Waals surface area contributed by atoms with E-state index in [-0.39, 0.29) is 5.54 Å². The third-order valence-corrected chi connectivity index (χ3v) is 4.71. The van der Waals surface area contributed by atoms with Gasteiger partial charge < -0.3 is 5.32 Å². The van der Waals surface area contributed by atoms with E-state index >= 15 is 0 Å². The maximum atomic E-state index is 3.39. The second-order valence-corrected chi connectivity index (χ2v) is 6.33. The van der Waals surface area contributed by atoms with Crippen molar-refractivity contribution in [3.63, 3.8) is 0 Å². The van der Waals surface area contributed by atoms with Crippen LogP contribution in [-0.2, 0) is 0 Å². The van der Waals surface area contributed by atoms with Gasteiger partial charge in [0.25, 0.3) is 0 Å². The molecule has 0 aliphatic heterocycles. The number of hydrogen-bond acceptors (Lipinski definition) is 1. The Kier molecular flexibility index (Phi) is 2.31. The molecule has 1 heteroatoms. The van der Waals surface area contributed by atoms with E-state index in [0.717, 1.165) is 5.92 Å². The molecule has 78 valence electrons. The van der Waals surface area contributed by atoms with Gasteiger partial charge in [-0.05, 0) is 44.1 Å². The minimum atomic E-state index is 0.287. The smallest absolute Gasteiger partial charge is 0.0125 e. The first-order chi connectivity index (χ1) is 5.65. The Balaban J connectivity index is 2.61. The van der Waals surface area contributed by atoms with Gasteiger partial charge >= 0.3 is 0 Å². The molecule has 0 saturated heterocycles. The summed E-state index contributed by atoms with van der Waals surface area (Å²) in [5, 5.41) is 3.39. The van der Waals surface area contributed by atoms with Gasteiger partial charge in [0.05, 0.1) is 0 Å². The fraction of sp³-hybridized carbons (Fsp3) is 1.00. The van der Waals surface area contributed by atoms with Crippen LogP contribution >= 0.6 is 0 Å². The molecule has 0 bridgehead atoms. The van der Waals surface area contributed by atoms with Crippen molar-refractivity contribution in [2.24, 2.45) is 16.7 Å². The molecule has 1 aliphatic rings. The highest BCUT2D eigenvalue weighted by Crippen LogP contribution is 2.70. The second-order valence-electron chi connectivity index (χ2n) is 6.33. The van der Waals surface area contributed by atoms with Gasteiger partial charge in [0.15, 0.2) is 0 Å². The lowest BCUT2D eigenvalue weighted by molar-refractivity contribution is 0.340. The fourth-order valence-electron chi connectivity index (χ4n) is 2.46. The lowest BCUT2D eigenvalue weighted by Crippen LogP contribution is -2.37. The Bertz CT molecular complexity index is 187. The second kappa shape index (κ2) is 2.73. The lowest BCUT2D eigenvalue weighted by Gasteiger charge is -2.25. The zero-order chi connectivity index (χ0) is 10.5. The van der Waals surface area contributed by atoms with Gasteiger partial charge in [-0.3, -0.25) is 0 Å². The fourth-order valence-corrected chi connectivity index (χ4v) is 2.46. The van der Waals surface area contributed by atoms with Gasteiger partial charge in [-0.15, -0.1) is 0 Å². The maximum absolute atomic E-state index is 3.39. The molecular weight excluding hydrogens is 158 g/mol. The highest BCUT2D eigenvalue weighted by molar-refractivity contribution is 5.13. The van der Waals surface area contributed by atoms with Gasteiger partial charge in [-0.2, -0.15) is 0 Å². The standard InChI is InChI=1S/C12H25N/c1-10(2,13-7)8-9-11(3,4)12(9,5)6/h9,13H,8H2,1-7H3. The highest BCUT2D eigenvalue weighted by Gasteiger charge is 2.64. The Labute approximate surface area is 83.3 Å². The summed E-state index contributed by atoms with van der Waals surface area (Å²) in [7, 11) is 2.06. The van der Waals surface area contributed by atoms with Gasteiger partial charge in [0, 0.05) is 5.54 Å². The molecule has 0 spiro atoms. The van der Waals surface area contributed by atoms with Crippen molar-refractivity contribution in [3.05, 3.63) is 0 Å². The van der Waals surface area contributed by atoms with Crippen molar-refractivity contribution >= 4 is 0 Å². The normalized spacial score (nSPS) is 26.1. The molecule has 1 aliphatic carbocycles. The van der Waals surface area contributed by atoms with E-state index in [1.807, 2.05) is 0 Å². The molecule has 0 heterocycles. The number of nitrogens with one attached hydrogen (secondary N) is 1. The summed E-state index contributed by atoms with van der Waals surface area (Å²) in [5.41, 5.74) is 1.35. The molecule has 0 aromatic carbocycles. The molecule has 0 amide bonds. The van der Waals surface area contributed by atoms with Crippen molar-refractivity contribution in [3.8, 4) is 0 Å². The Morgan fingerprint density at radius 2 is 1.46 bits per heavy atom. The van der Waals surface area contributed by atoms with E-state index < -0.39 is 0 Å². The summed E-state index contributed by atoms with van der Waals surface area (Å²) in [6.45, 7) is 14.1. The van der Waals surface area contributed by atoms with Crippen molar-refractivity contribution in [2.45, 2.75) is 53.5 Å². The highest BCUT2D eigenvalue weighted by atomic mass is 14.9. The van der Waals surface area contributed by atoms with E-state index in [0.29, 0.717) is 10.8 Å². The molecule has 13 heavy (non-hydrogen) atoms. The van der Waals surface area contributed by atoms with Crippen LogP contribution in [0.2, 0.25) is 0 Å².